The number of nitrogens with zero attached hydrogens (tertiary/aromatic N) is 3. The zero-order chi connectivity index (χ0) is 17.8. The minimum absolute atomic E-state index is 0.111. The Kier molecular flexibility index (Phi) is 5.19. The number of rotatable bonds is 5. The van der Waals surface area contributed by atoms with E-state index in [1.807, 2.05) is 24.3 Å². The summed E-state index contributed by atoms with van der Waals surface area (Å²) in [5.41, 5.74) is 1.29. The van der Waals surface area contributed by atoms with Crippen LogP contribution in [0, 0.1) is 0 Å². The van der Waals surface area contributed by atoms with Gasteiger partial charge in [-0.1, -0.05) is 12.1 Å². The van der Waals surface area contributed by atoms with Gasteiger partial charge in [0.05, 0.1) is 43.7 Å². The second-order valence-corrected chi connectivity index (χ2v) is 6.53. The van der Waals surface area contributed by atoms with E-state index in [1.54, 1.807) is 24.5 Å². The predicted molar refractivity (Wildman–Crippen MR) is 94.5 cm³/mol. The van der Waals surface area contributed by atoms with Crippen LogP contribution in [0.3, 0.4) is 0 Å². The first-order chi connectivity index (χ1) is 12.8. The Morgan fingerprint density at radius 2 is 2.08 bits per heavy atom. The molecule has 2 fully saturated rings. The molecule has 7 heteroatoms. The van der Waals surface area contributed by atoms with Crippen molar-refractivity contribution >= 4 is 5.91 Å². The van der Waals surface area contributed by atoms with Gasteiger partial charge < -0.3 is 14.8 Å². The molecule has 2 saturated heterocycles. The highest BCUT2D eigenvalue weighted by Crippen LogP contribution is 2.25. The Labute approximate surface area is 152 Å². The molecule has 2 aromatic heterocycles. The zero-order valence-electron chi connectivity index (χ0n) is 14.5. The number of fused-ring (bicyclic) bond motifs is 1. The molecular weight excluding hydrogens is 332 g/mol. The zero-order valence-corrected chi connectivity index (χ0v) is 14.5. The van der Waals surface area contributed by atoms with Crippen LogP contribution in [0.2, 0.25) is 0 Å². The highest BCUT2D eigenvalue weighted by atomic mass is 16.5. The van der Waals surface area contributed by atoms with Gasteiger partial charge in [-0.3, -0.25) is 19.7 Å². The molecule has 0 aliphatic carbocycles. The van der Waals surface area contributed by atoms with Crippen molar-refractivity contribution in [3.8, 4) is 0 Å². The molecule has 7 nitrogen and oxygen atoms in total. The molecule has 0 bridgehead atoms. The SMILES string of the molecule is O=C(N[C@@H]1CN2CCOC[C@@H]2[C@H]1OCc1ccccn1)c1ccccn1. The standard InChI is InChI=1S/C19H22N4O3/c24-19(15-6-2-4-8-21-15)22-16-11-23-9-10-25-13-17(23)18(16)26-12-14-5-1-3-7-20-14/h1-8,16-18H,9-13H2,(H,22,24)/t16-,17-,18+/m1/s1. The normalized spacial score (nSPS) is 25.6. The fourth-order valence-electron chi connectivity index (χ4n) is 3.57. The fraction of sp³-hybridized carbons (Fsp3) is 0.421. The summed E-state index contributed by atoms with van der Waals surface area (Å²) in [6, 6.07) is 11.1. The highest BCUT2D eigenvalue weighted by molar-refractivity contribution is 5.92. The van der Waals surface area contributed by atoms with Crippen LogP contribution in [-0.2, 0) is 16.1 Å². The third kappa shape index (κ3) is 3.75. The Hall–Kier alpha value is -2.35. The second kappa shape index (κ2) is 7.90. The first kappa shape index (κ1) is 17.1. The summed E-state index contributed by atoms with van der Waals surface area (Å²) < 4.78 is 11.8. The van der Waals surface area contributed by atoms with E-state index in [0.717, 1.165) is 18.8 Å². The summed E-state index contributed by atoms with van der Waals surface area (Å²) in [7, 11) is 0. The van der Waals surface area contributed by atoms with Crippen molar-refractivity contribution in [3.05, 3.63) is 60.2 Å². The van der Waals surface area contributed by atoms with Crippen LogP contribution < -0.4 is 5.32 Å². The van der Waals surface area contributed by atoms with E-state index in [-0.39, 0.29) is 24.1 Å². The van der Waals surface area contributed by atoms with Crippen molar-refractivity contribution in [1.82, 2.24) is 20.2 Å². The number of ether oxygens (including phenoxy) is 2. The molecule has 0 aromatic carbocycles. The topological polar surface area (TPSA) is 76.6 Å². The fourth-order valence-corrected chi connectivity index (χ4v) is 3.57. The van der Waals surface area contributed by atoms with Crippen molar-refractivity contribution < 1.29 is 14.3 Å². The summed E-state index contributed by atoms with van der Waals surface area (Å²) >= 11 is 0. The molecule has 0 radical (unpaired) electrons. The maximum Gasteiger partial charge on any atom is 0.270 e. The summed E-state index contributed by atoms with van der Waals surface area (Å²) in [6.45, 7) is 3.34. The quantitative estimate of drug-likeness (QED) is 0.859. The summed E-state index contributed by atoms with van der Waals surface area (Å²) in [5.74, 6) is -0.178. The predicted octanol–water partition coefficient (Wildman–Crippen LogP) is 0.875. The minimum atomic E-state index is -0.178. The van der Waals surface area contributed by atoms with E-state index in [0.29, 0.717) is 25.5 Å². The molecule has 2 aromatic rings. The van der Waals surface area contributed by atoms with Crippen LogP contribution in [0.5, 0.6) is 0 Å². The molecule has 1 amide bonds. The maximum absolute atomic E-state index is 12.5. The molecule has 1 N–H and O–H groups in total. The highest BCUT2D eigenvalue weighted by Gasteiger charge is 2.44. The monoisotopic (exact) mass is 354 g/mol. The van der Waals surface area contributed by atoms with E-state index in [9.17, 15) is 4.79 Å². The van der Waals surface area contributed by atoms with Crippen LogP contribution in [0.15, 0.2) is 48.8 Å². The third-order valence-corrected chi connectivity index (χ3v) is 4.85. The first-order valence-corrected chi connectivity index (χ1v) is 8.86. The van der Waals surface area contributed by atoms with Gasteiger partial charge in [0.25, 0.3) is 5.91 Å². The van der Waals surface area contributed by atoms with E-state index < -0.39 is 0 Å². The Morgan fingerprint density at radius 3 is 2.85 bits per heavy atom. The van der Waals surface area contributed by atoms with E-state index in [2.05, 4.69) is 20.2 Å². The Bertz CT molecular complexity index is 728. The van der Waals surface area contributed by atoms with Crippen LogP contribution in [0.25, 0.3) is 0 Å². The van der Waals surface area contributed by atoms with Gasteiger partial charge in [0, 0.05) is 25.5 Å². The van der Waals surface area contributed by atoms with Crippen LogP contribution in [0.4, 0.5) is 0 Å². The Morgan fingerprint density at radius 1 is 1.23 bits per heavy atom. The number of aromatic nitrogens is 2. The van der Waals surface area contributed by atoms with Gasteiger partial charge in [-0.15, -0.1) is 0 Å². The lowest BCUT2D eigenvalue weighted by Crippen LogP contribution is -2.48. The van der Waals surface area contributed by atoms with Gasteiger partial charge >= 0.3 is 0 Å². The Balaban J connectivity index is 1.46. The molecule has 0 unspecified atom stereocenters. The first-order valence-electron chi connectivity index (χ1n) is 8.86. The van der Waals surface area contributed by atoms with Gasteiger partial charge in [0.1, 0.15) is 5.69 Å². The molecule has 136 valence electrons. The molecule has 2 aliphatic rings. The van der Waals surface area contributed by atoms with Gasteiger partial charge in [-0.25, -0.2) is 0 Å². The number of morpholine rings is 1. The number of carbonyl (C=O) groups is 1. The number of nitrogens with one attached hydrogen (secondary N) is 1. The largest absolute Gasteiger partial charge is 0.378 e. The van der Waals surface area contributed by atoms with E-state index in [1.165, 1.54) is 0 Å². The van der Waals surface area contributed by atoms with Gasteiger partial charge in [-0.05, 0) is 24.3 Å². The third-order valence-electron chi connectivity index (χ3n) is 4.85. The van der Waals surface area contributed by atoms with Crippen molar-refractivity contribution in [2.24, 2.45) is 0 Å². The van der Waals surface area contributed by atoms with Gasteiger partial charge in [-0.2, -0.15) is 0 Å². The number of hydrogen-bond acceptors (Lipinski definition) is 6. The molecule has 4 rings (SSSR count). The minimum Gasteiger partial charge on any atom is -0.378 e. The lowest BCUT2D eigenvalue weighted by atomic mass is 10.1. The molecule has 26 heavy (non-hydrogen) atoms. The van der Waals surface area contributed by atoms with Crippen molar-refractivity contribution in [3.63, 3.8) is 0 Å². The van der Waals surface area contributed by atoms with Crippen LogP contribution in [0.1, 0.15) is 16.2 Å². The number of hydrogen-bond donors (Lipinski definition) is 1. The molecule has 0 spiro atoms. The van der Waals surface area contributed by atoms with Crippen LogP contribution in [-0.4, -0.2) is 65.3 Å². The summed E-state index contributed by atoms with van der Waals surface area (Å²) in [5, 5.41) is 3.09. The van der Waals surface area contributed by atoms with E-state index in [4.69, 9.17) is 9.47 Å². The van der Waals surface area contributed by atoms with Crippen LogP contribution >= 0.6 is 0 Å². The number of pyridine rings is 2. The molecule has 2 aliphatic heterocycles. The lowest BCUT2D eigenvalue weighted by molar-refractivity contribution is -0.0537. The summed E-state index contributed by atoms with van der Waals surface area (Å²) in [4.78, 5) is 23.3. The van der Waals surface area contributed by atoms with Crippen molar-refractivity contribution in [2.75, 3.05) is 26.3 Å². The molecular formula is C19H22N4O3. The number of carbonyl (C=O) groups excluding carboxylic acids is 1. The average molecular weight is 354 g/mol. The van der Waals surface area contributed by atoms with Crippen molar-refractivity contribution in [2.45, 2.75) is 24.8 Å². The average Bonchev–Trinajstić information content (AvgIpc) is 3.05. The number of amides is 1. The second-order valence-electron chi connectivity index (χ2n) is 6.53. The van der Waals surface area contributed by atoms with E-state index >= 15 is 0 Å². The maximum atomic E-state index is 12.5. The smallest absolute Gasteiger partial charge is 0.270 e. The van der Waals surface area contributed by atoms with Gasteiger partial charge in [0.15, 0.2) is 0 Å². The lowest BCUT2D eigenvalue weighted by Gasteiger charge is -2.32. The van der Waals surface area contributed by atoms with Gasteiger partial charge in [0.2, 0.25) is 0 Å². The molecule has 3 atom stereocenters. The summed E-state index contributed by atoms with van der Waals surface area (Å²) in [6.07, 6.45) is 3.23. The molecule has 4 heterocycles. The van der Waals surface area contributed by atoms with Crippen molar-refractivity contribution in [1.29, 1.82) is 0 Å². The molecule has 0 saturated carbocycles.